The van der Waals surface area contributed by atoms with Gasteiger partial charge in [0.25, 0.3) is 0 Å². The lowest BCUT2D eigenvalue weighted by Gasteiger charge is -2.06. The quantitative estimate of drug-likeness (QED) is 0.674. The lowest BCUT2D eigenvalue weighted by Crippen LogP contribution is -2.17. The number of rotatable bonds is 10. The van der Waals surface area contributed by atoms with Gasteiger partial charge in [-0.15, -0.1) is 0 Å². The van der Waals surface area contributed by atoms with E-state index in [1.165, 1.54) is 0 Å². The molecule has 1 aromatic heterocycles. The van der Waals surface area contributed by atoms with Gasteiger partial charge in [-0.25, -0.2) is 4.98 Å². The smallest absolute Gasteiger partial charge is 0.411 e. The third-order valence-corrected chi connectivity index (χ3v) is 2.53. The number of ether oxygens (including phenoxy) is 1. The molecule has 0 aliphatic heterocycles. The van der Waals surface area contributed by atoms with E-state index in [1.54, 1.807) is 6.20 Å². The SMILES string of the molecule is CCCNCCCc1ncc(CCOCC(F)(F)F)o1. The first-order valence-corrected chi connectivity index (χ1v) is 6.80. The maximum Gasteiger partial charge on any atom is 0.411 e. The first-order chi connectivity index (χ1) is 9.51. The summed E-state index contributed by atoms with van der Waals surface area (Å²) in [5, 5.41) is 3.27. The fraction of sp³-hybridized carbons (Fsp3) is 0.769. The van der Waals surface area contributed by atoms with E-state index in [9.17, 15) is 13.2 Å². The molecule has 0 saturated heterocycles. The Balaban J connectivity index is 2.13. The van der Waals surface area contributed by atoms with Crippen LogP contribution in [0.25, 0.3) is 0 Å². The van der Waals surface area contributed by atoms with Crippen LogP contribution < -0.4 is 5.32 Å². The molecule has 1 heterocycles. The van der Waals surface area contributed by atoms with E-state index >= 15 is 0 Å². The Kier molecular flexibility index (Phi) is 7.61. The average Bonchev–Trinajstić information content (AvgIpc) is 2.81. The van der Waals surface area contributed by atoms with E-state index in [0.717, 1.165) is 32.4 Å². The molecule has 1 rings (SSSR count). The summed E-state index contributed by atoms with van der Waals surface area (Å²) in [5.41, 5.74) is 0. The van der Waals surface area contributed by atoms with Crippen LogP contribution in [0.2, 0.25) is 0 Å². The third-order valence-electron chi connectivity index (χ3n) is 2.53. The number of nitrogens with one attached hydrogen (secondary N) is 1. The molecule has 7 heteroatoms. The Morgan fingerprint density at radius 1 is 1.30 bits per heavy atom. The minimum atomic E-state index is -4.28. The van der Waals surface area contributed by atoms with Crippen LogP contribution >= 0.6 is 0 Å². The molecule has 1 N–H and O–H groups in total. The monoisotopic (exact) mass is 294 g/mol. The van der Waals surface area contributed by atoms with Crippen molar-refractivity contribution in [1.82, 2.24) is 10.3 Å². The summed E-state index contributed by atoms with van der Waals surface area (Å²) in [5.74, 6) is 1.18. The molecule has 0 aromatic carbocycles. The molecule has 0 aliphatic carbocycles. The van der Waals surface area contributed by atoms with E-state index in [1.807, 2.05) is 0 Å². The summed E-state index contributed by atoms with van der Waals surface area (Å²) in [4.78, 5) is 4.09. The second kappa shape index (κ2) is 8.97. The lowest BCUT2D eigenvalue weighted by atomic mass is 10.3. The van der Waals surface area contributed by atoms with Crippen molar-refractivity contribution in [2.24, 2.45) is 0 Å². The largest absolute Gasteiger partial charge is 0.446 e. The molecule has 0 saturated carbocycles. The molecule has 0 bridgehead atoms. The van der Waals surface area contributed by atoms with E-state index in [0.29, 0.717) is 18.1 Å². The Bertz CT molecular complexity index is 367. The zero-order valence-corrected chi connectivity index (χ0v) is 11.6. The molecule has 0 radical (unpaired) electrons. The molecular weight excluding hydrogens is 273 g/mol. The normalized spacial score (nSPS) is 12.0. The van der Waals surface area contributed by atoms with Gasteiger partial charge in [0.2, 0.25) is 0 Å². The summed E-state index contributed by atoms with van der Waals surface area (Å²) in [7, 11) is 0. The highest BCUT2D eigenvalue weighted by Gasteiger charge is 2.27. The summed E-state index contributed by atoms with van der Waals surface area (Å²) in [6.07, 6.45) is 0.312. The number of aryl methyl sites for hydroxylation is 1. The predicted molar refractivity (Wildman–Crippen MR) is 68.6 cm³/mol. The predicted octanol–water partition coefficient (Wildman–Crippen LogP) is 2.73. The van der Waals surface area contributed by atoms with Crippen molar-refractivity contribution in [2.75, 3.05) is 26.3 Å². The number of hydrogen-bond acceptors (Lipinski definition) is 4. The number of nitrogens with zero attached hydrogens (tertiary/aromatic N) is 1. The summed E-state index contributed by atoms with van der Waals surface area (Å²) >= 11 is 0. The summed E-state index contributed by atoms with van der Waals surface area (Å²) in [6, 6.07) is 0. The van der Waals surface area contributed by atoms with Crippen LogP contribution in [0.5, 0.6) is 0 Å². The Hall–Kier alpha value is -1.08. The van der Waals surface area contributed by atoms with E-state index in [4.69, 9.17) is 4.42 Å². The molecule has 0 amide bonds. The van der Waals surface area contributed by atoms with Crippen molar-refractivity contribution in [2.45, 2.75) is 38.8 Å². The fourth-order valence-corrected chi connectivity index (χ4v) is 1.61. The zero-order chi connectivity index (χ0) is 14.8. The average molecular weight is 294 g/mol. The standard InChI is InChI=1S/C13H21F3N2O2/c1-2-6-17-7-3-4-12-18-9-11(20-12)5-8-19-10-13(14,15)16/h9,17H,2-8,10H2,1H3. The van der Waals surface area contributed by atoms with Crippen molar-refractivity contribution in [1.29, 1.82) is 0 Å². The highest BCUT2D eigenvalue weighted by Crippen LogP contribution is 2.14. The van der Waals surface area contributed by atoms with Gasteiger partial charge >= 0.3 is 6.18 Å². The van der Waals surface area contributed by atoms with Gasteiger partial charge in [0, 0.05) is 12.8 Å². The Morgan fingerprint density at radius 2 is 2.10 bits per heavy atom. The molecule has 0 spiro atoms. The molecule has 0 unspecified atom stereocenters. The van der Waals surface area contributed by atoms with Gasteiger partial charge in [0.15, 0.2) is 5.89 Å². The van der Waals surface area contributed by atoms with Gasteiger partial charge < -0.3 is 14.5 Å². The van der Waals surface area contributed by atoms with Crippen LogP contribution in [0, 0.1) is 0 Å². The van der Waals surface area contributed by atoms with Crippen LogP contribution in [0.4, 0.5) is 13.2 Å². The van der Waals surface area contributed by atoms with Crippen molar-refractivity contribution in [3.8, 4) is 0 Å². The highest BCUT2D eigenvalue weighted by molar-refractivity contribution is 4.94. The van der Waals surface area contributed by atoms with Gasteiger partial charge in [-0.1, -0.05) is 6.92 Å². The number of oxazole rings is 1. The molecule has 4 nitrogen and oxygen atoms in total. The van der Waals surface area contributed by atoms with Gasteiger partial charge in [-0.3, -0.25) is 0 Å². The number of aromatic nitrogens is 1. The van der Waals surface area contributed by atoms with Gasteiger partial charge in [0.1, 0.15) is 12.4 Å². The van der Waals surface area contributed by atoms with E-state index in [2.05, 4.69) is 22.0 Å². The van der Waals surface area contributed by atoms with Crippen LogP contribution in [0.3, 0.4) is 0 Å². The molecule has 1 aromatic rings. The lowest BCUT2D eigenvalue weighted by molar-refractivity contribution is -0.173. The van der Waals surface area contributed by atoms with Gasteiger partial charge in [-0.2, -0.15) is 13.2 Å². The minimum absolute atomic E-state index is 0.0216. The second-order valence-corrected chi connectivity index (χ2v) is 4.49. The van der Waals surface area contributed by atoms with Crippen LogP contribution in [-0.4, -0.2) is 37.5 Å². The van der Waals surface area contributed by atoms with Gasteiger partial charge in [0.05, 0.1) is 12.8 Å². The second-order valence-electron chi connectivity index (χ2n) is 4.49. The highest BCUT2D eigenvalue weighted by atomic mass is 19.4. The minimum Gasteiger partial charge on any atom is -0.446 e. The summed E-state index contributed by atoms with van der Waals surface area (Å²) < 4.78 is 45.5. The Morgan fingerprint density at radius 3 is 2.80 bits per heavy atom. The molecule has 20 heavy (non-hydrogen) atoms. The molecule has 116 valence electrons. The van der Waals surface area contributed by atoms with Crippen LogP contribution in [-0.2, 0) is 17.6 Å². The topological polar surface area (TPSA) is 47.3 Å². The maximum absolute atomic E-state index is 11.8. The first-order valence-electron chi connectivity index (χ1n) is 6.80. The van der Waals surface area contributed by atoms with Crippen molar-refractivity contribution in [3.05, 3.63) is 17.8 Å². The molecule has 0 atom stereocenters. The third kappa shape index (κ3) is 8.16. The van der Waals surface area contributed by atoms with Crippen molar-refractivity contribution < 1.29 is 22.3 Å². The zero-order valence-electron chi connectivity index (χ0n) is 11.6. The fourth-order valence-electron chi connectivity index (χ4n) is 1.61. The molecule has 0 fully saturated rings. The molecular formula is C13H21F3N2O2. The van der Waals surface area contributed by atoms with E-state index in [-0.39, 0.29) is 6.61 Å². The van der Waals surface area contributed by atoms with Crippen molar-refractivity contribution in [3.63, 3.8) is 0 Å². The maximum atomic E-state index is 11.8. The number of alkyl halides is 3. The van der Waals surface area contributed by atoms with E-state index < -0.39 is 12.8 Å². The summed E-state index contributed by atoms with van der Waals surface area (Å²) in [6.45, 7) is 2.76. The van der Waals surface area contributed by atoms with Crippen LogP contribution in [0.1, 0.15) is 31.4 Å². The van der Waals surface area contributed by atoms with Crippen LogP contribution in [0.15, 0.2) is 10.6 Å². The Labute approximate surface area is 116 Å². The van der Waals surface area contributed by atoms with Gasteiger partial charge in [-0.05, 0) is 25.9 Å². The number of hydrogen-bond donors (Lipinski definition) is 1. The van der Waals surface area contributed by atoms with Crippen molar-refractivity contribution >= 4 is 0 Å². The molecule has 0 aliphatic rings. The number of halogens is 3. The first kappa shape index (κ1) is 17.0.